The molecule has 4 rings (SSSR count). The second kappa shape index (κ2) is 10.6. The van der Waals surface area contributed by atoms with E-state index in [1.807, 2.05) is 0 Å². The fourth-order valence-corrected chi connectivity index (χ4v) is 5.38. The van der Waals surface area contributed by atoms with Gasteiger partial charge in [0.25, 0.3) is 0 Å². The van der Waals surface area contributed by atoms with Gasteiger partial charge in [0, 0.05) is 18.5 Å². The molecule has 3 aromatic rings. The zero-order chi connectivity index (χ0) is 25.9. The number of hydrogen-bond acceptors (Lipinski definition) is 6. The molecule has 13 heteroatoms. The number of rotatable bonds is 8. The van der Waals surface area contributed by atoms with E-state index in [0.29, 0.717) is 17.0 Å². The van der Waals surface area contributed by atoms with E-state index >= 15 is 0 Å². The van der Waals surface area contributed by atoms with Gasteiger partial charge in [0.2, 0.25) is 15.9 Å². The molecule has 1 fully saturated rings. The molecule has 8 nitrogen and oxygen atoms in total. The third-order valence-electron chi connectivity index (χ3n) is 5.47. The molecule has 1 saturated heterocycles. The number of halogens is 4. The van der Waals surface area contributed by atoms with Crippen LogP contribution in [0, 0.1) is 5.82 Å². The van der Waals surface area contributed by atoms with Crippen molar-refractivity contribution in [1.82, 2.24) is 19.6 Å². The first-order valence-corrected chi connectivity index (χ1v) is 12.1. The van der Waals surface area contributed by atoms with Crippen molar-refractivity contribution in [3.8, 4) is 17.0 Å². The Balaban J connectivity index is 1.45. The van der Waals surface area contributed by atoms with E-state index in [-0.39, 0.29) is 23.6 Å². The van der Waals surface area contributed by atoms with Crippen LogP contribution in [0.4, 0.5) is 17.6 Å². The molecule has 2 heterocycles. The van der Waals surface area contributed by atoms with E-state index < -0.39 is 47.1 Å². The maximum atomic E-state index is 14.2. The van der Waals surface area contributed by atoms with Crippen molar-refractivity contribution in [1.29, 1.82) is 0 Å². The van der Waals surface area contributed by atoms with Crippen molar-refractivity contribution in [2.75, 3.05) is 6.54 Å². The Kier molecular flexibility index (Phi) is 7.50. The molecule has 1 N–H and O–H groups in total. The number of nitrogens with zero attached hydrogens (tertiary/aromatic N) is 3. The lowest BCUT2D eigenvalue weighted by atomic mass is 10.1. The lowest BCUT2D eigenvalue weighted by Crippen LogP contribution is -2.45. The smallest absolute Gasteiger partial charge is 0.387 e. The summed E-state index contributed by atoms with van der Waals surface area (Å²) >= 11 is 0. The van der Waals surface area contributed by atoms with Crippen LogP contribution in [-0.2, 0) is 21.4 Å². The number of sulfonamides is 1. The summed E-state index contributed by atoms with van der Waals surface area (Å²) in [5, 5.41) is 2.57. The van der Waals surface area contributed by atoms with Crippen LogP contribution in [0.1, 0.15) is 12.1 Å². The monoisotopic (exact) mass is 524 g/mol. The highest BCUT2D eigenvalue weighted by atomic mass is 32.2. The zero-order valence-electron chi connectivity index (χ0n) is 18.5. The average Bonchev–Trinajstić information content (AvgIpc) is 3.26. The molecule has 0 radical (unpaired) electrons. The summed E-state index contributed by atoms with van der Waals surface area (Å²) in [5.41, 5.74) is 1.41. The quantitative estimate of drug-likeness (QED) is 0.454. The van der Waals surface area contributed by atoms with Gasteiger partial charge in [-0.1, -0.05) is 0 Å². The first kappa shape index (κ1) is 25.5. The number of benzene rings is 2. The lowest BCUT2D eigenvalue weighted by molar-refractivity contribution is -0.124. The van der Waals surface area contributed by atoms with Gasteiger partial charge in [0.1, 0.15) is 30.1 Å². The van der Waals surface area contributed by atoms with E-state index in [4.69, 9.17) is 0 Å². The van der Waals surface area contributed by atoms with Gasteiger partial charge in [-0.05, 0) is 54.6 Å². The summed E-state index contributed by atoms with van der Waals surface area (Å²) in [4.78, 5) is 20.8. The van der Waals surface area contributed by atoms with E-state index in [1.165, 1.54) is 30.6 Å². The van der Waals surface area contributed by atoms with Crippen LogP contribution in [0.25, 0.3) is 11.3 Å². The maximum Gasteiger partial charge on any atom is 0.387 e. The zero-order valence-corrected chi connectivity index (χ0v) is 19.3. The van der Waals surface area contributed by atoms with Crippen LogP contribution in [0.3, 0.4) is 0 Å². The standard InChI is InChI=1S/C23H20F4N4O4S/c24-15-3-7-19(8-4-15)36(33,34)31-12-16(25)9-21(31)22(32)28-11-17-10-20(30-13-29-17)14-1-5-18(6-2-14)35-23(26)27/h1-8,10,13,16,21,23H,9,11-12H2,(H,28,32)/t16-,21+/m1/s1. The molecule has 2 atom stereocenters. The third-order valence-corrected chi connectivity index (χ3v) is 7.36. The van der Waals surface area contributed by atoms with Gasteiger partial charge in [0.15, 0.2) is 0 Å². The maximum absolute atomic E-state index is 14.2. The van der Waals surface area contributed by atoms with Crippen LogP contribution in [0.5, 0.6) is 5.75 Å². The predicted octanol–water partition coefficient (Wildman–Crippen LogP) is 3.30. The summed E-state index contributed by atoms with van der Waals surface area (Å²) in [6.07, 6.45) is -0.619. The highest BCUT2D eigenvalue weighted by Gasteiger charge is 2.44. The molecule has 0 unspecified atom stereocenters. The van der Waals surface area contributed by atoms with Crippen molar-refractivity contribution < 1.29 is 35.5 Å². The highest BCUT2D eigenvalue weighted by molar-refractivity contribution is 7.89. The number of hydrogen-bond donors (Lipinski definition) is 1. The van der Waals surface area contributed by atoms with Crippen LogP contribution in [0.2, 0.25) is 0 Å². The van der Waals surface area contributed by atoms with E-state index in [2.05, 4.69) is 20.0 Å². The van der Waals surface area contributed by atoms with Crippen molar-refractivity contribution in [2.45, 2.75) is 36.7 Å². The van der Waals surface area contributed by atoms with Gasteiger partial charge in [-0.2, -0.15) is 13.1 Å². The number of nitrogens with one attached hydrogen (secondary N) is 1. The Morgan fingerprint density at radius 3 is 2.47 bits per heavy atom. The van der Waals surface area contributed by atoms with Crippen LogP contribution < -0.4 is 10.1 Å². The number of aromatic nitrogens is 2. The molecule has 1 aliphatic heterocycles. The van der Waals surface area contributed by atoms with Gasteiger partial charge >= 0.3 is 6.61 Å². The largest absolute Gasteiger partial charge is 0.435 e. The number of ether oxygens (including phenoxy) is 1. The Bertz CT molecular complexity index is 1320. The molecule has 0 aliphatic carbocycles. The number of carbonyl (C=O) groups excluding carboxylic acids is 1. The number of alkyl halides is 3. The van der Waals surface area contributed by atoms with Gasteiger partial charge in [-0.25, -0.2) is 27.2 Å². The normalized spacial score (nSPS) is 18.4. The topological polar surface area (TPSA) is 101 Å². The fourth-order valence-electron chi connectivity index (χ4n) is 3.76. The minimum atomic E-state index is -4.24. The highest BCUT2D eigenvalue weighted by Crippen LogP contribution is 2.28. The number of amides is 1. The van der Waals surface area contributed by atoms with E-state index in [0.717, 1.165) is 28.6 Å². The van der Waals surface area contributed by atoms with Gasteiger partial charge in [-0.15, -0.1) is 0 Å². The number of carbonyl (C=O) groups is 1. The average molecular weight is 524 g/mol. The molecule has 2 aromatic carbocycles. The van der Waals surface area contributed by atoms with Crippen molar-refractivity contribution in [2.24, 2.45) is 0 Å². The summed E-state index contributed by atoms with van der Waals surface area (Å²) < 4.78 is 83.0. The molecular weight excluding hydrogens is 504 g/mol. The first-order valence-electron chi connectivity index (χ1n) is 10.7. The summed E-state index contributed by atoms with van der Waals surface area (Å²) in [5.74, 6) is -1.36. The molecule has 1 aliphatic rings. The molecule has 0 bridgehead atoms. The van der Waals surface area contributed by atoms with Crippen molar-refractivity contribution in [3.05, 3.63) is 72.4 Å². The fraction of sp³-hybridized carbons (Fsp3) is 0.261. The van der Waals surface area contributed by atoms with E-state index in [9.17, 15) is 30.8 Å². The molecule has 36 heavy (non-hydrogen) atoms. The summed E-state index contributed by atoms with van der Waals surface area (Å²) in [6.45, 7) is -3.54. The molecule has 190 valence electrons. The second-order valence-electron chi connectivity index (χ2n) is 7.89. The Labute approximate surface area is 204 Å². The molecule has 0 saturated carbocycles. The van der Waals surface area contributed by atoms with Crippen molar-refractivity contribution >= 4 is 15.9 Å². The first-order chi connectivity index (χ1) is 17.1. The van der Waals surface area contributed by atoms with Crippen LogP contribution >= 0.6 is 0 Å². The van der Waals surface area contributed by atoms with E-state index in [1.54, 1.807) is 6.07 Å². The van der Waals surface area contributed by atoms with Gasteiger partial charge < -0.3 is 10.1 Å². The van der Waals surface area contributed by atoms with Crippen LogP contribution in [0.15, 0.2) is 65.8 Å². The van der Waals surface area contributed by atoms with Gasteiger partial charge in [-0.3, -0.25) is 4.79 Å². The predicted molar refractivity (Wildman–Crippen MR) is 120 cm³/mol. The second-order valence-corrected chi connectivity index (χ2v) is 9.78. The Hall–Kier alpha value is -3.58. The molecule has 1 amide bonds. The molecule has 1 aromatic heterocycles. The Morgan fingerprint density at radius 1 is 1.11 bits per heavy atom. The van der Waals surface area contributed by atoms with Gasteiger partial charge in [0.05, 0.1) is 22.8 Å². The Morgan fingerprint density at radius 2 is 1.81 bits per heavy atom. The minimum Gasteiger partial charge on any atom is -0.435 e. The summed E-state index contributed by atoms with van der Waals surface area (Å²) in [6, 6.07) is 10.1. The molecule has 0 spiro atoms. The lowest BCUT2D eigenvalue weighted by Gasteiger charge is -2.23. The SMILES string of the molecule is O=C(NCc1cc(-c2ccc(OC(F)F)cc2)ncn1)[C@@H]1C[C@@H](F)CN1S(=O)(=O)c1ccc(F)cc1. The van der Waals surface area contributed by atoms with Crippen LogP contribution in [-0.4, -0.2) is 54.0 Å². The molecular formula is C23H20F4N4O4S. The minimum absolute atomic E-state index is 0.0156. The summed E-state index contributed by atoms with van der Waals surface area (Å²) in [7, 11) is -4.24. The third kappa shape index (κ3) is 5.79. The van der Waals surface area contributed by atoms with Crippen molar-refractivity contribution in [3.63, 3.8) is 0 Å².